The Morgan fingerprint density at radius 2 is 2.40 bits per heavy atom. The molecule has 0 fully saturated rings. The van der Waals surface area contributed by atoms with Gasteiger partial charge in [-0.25, -0.2) is 4.99 Å². The Labute approximate surface area is 88.6 Å². The average molecular weight is 208 g/mol. The Hall–Kier alpha value is -1.82. The first kappa shape index (κ1) is 11.3. The molecule has 6 heteroatoms. The van der Waals surface area contributed by atoms with Gasteiger partial charge >= 0.3 is 0 Å². The highest BCUT2D eigenvalue weighted by Crippen LogP contribution is 2.07. The Balaban J connectivity index is 3.03. The zero-order chi connectivity index (χ0) is 11.4. The molecule has 0 amide bonds. The molecule has 15 heavy (non-hydrogen) atoms. The van der Waals surface area contributed by atoms with E-state index in [2.05, 4.69) is 15.6 Å². The van der Waals surface area contributed by atoms with Gasteiger partial charge < -0.3 is 21.8 Å². The largest absolute Gasteiger partial charge is 0.404 e. The van der Waals surface area contributed by atoms with E-state index in [1.165, 1.54) is 6.20 Å². The minimum atomic E-state index is -0.512. The van der Waals surface area contributed by atoms with Gasteiger partial charge in [0, 0.05) is 30.6 Å². The Kier molecular flexibility index (Phi) is 3.46. The molecule has 0 aromatic carbocycles. The molecule has 7 N–H and O–H groups in total. The van der Waals surface area contributed by atoms with E-state index in [1.54, 1.807) is 20.0 Å². The fourth-order valence-electron chi connectivity index (χ4n) is 1.25. The number of hydrogen-bond donors (Lipinski definition) is 5. The van der Waals surface area contributed by atoms with Crippen LogP contribution in [0.3, 0.4) is 0 Å². The molecular weight excluding hydrogens is 192 g/mol. The van der Waals surface area contributed by atoms with Gasteiger partial charge in [0.25, 0.3) is 0 Å². The summed E-state index contributed by atoms with van der Waals surface area (Å²) >= 11 is 0. The summed E-state index contributed by atoms with van der Waals surface area (Å²) in [4.78, 5) is 4.15. The SMILES string of the molecule is CNC1=CC(/C(=C/N)C(C)=N)=NC(N)N1. The second-order valence-corrected chi connectivity index (χ2v) is 3.12. The average Bonchev–Trinajstić information content (AvgIpc) is 2.17. The highest BCUT2D eigenvalue weighted by molar-refractivity contribution is 6.26. The second kappa shape index (κ2) is 4.61. The molecule has 0 radical (unpaired) electrons. The Morgan fingerprint density at radius 3 is 2.87 bits per heavy atom. The molecule has 1 aliphatic rings. The summed E-state index contributed by atoms with van der Waals surface area (Å²) in [5, 5.41) is 13.4. The quantitative estimate of drug-likeness (QED) is 0.391. The van der Waals surface area contributed by atoms with Crippen molar-refractivity contribution in [3.63, 3.8) is 0 Å². The van der Waals surface area contributed by atoms with Crippen molar-refractivity contribution in [1.82, 2.24) is 10.6 Å². The van der Waals surface area contributed by atoms with Crippen molar-refractivity contribution in [3.8, 4) is 0 Å². The first-order valence-corrected chi connectivity index (χ1v) is 4.55. The molecular formula is C9H16N6. The zero-order valence-electron chi connectivity index (χ0n) is 8.83. The van der Waals surface area contributed by atoms with Crippen LogP contribution in [0.1, 0.15) is 6.92 Å². The van der Waals surface area contributed by atoms with Crippen LogP contribution in [0.2, 0.25) is 0 Å². The maximum atomic E-state index is 7.54. The van der Waals surface area contributed by atoms with Gasteiger partial charge in [-0.1, -0.05) is 0 Å². The van der Waals surface area contributed by atoms with Crippen molar-refractivity contribution in [2.24, 2.45) is 16.5 Å². The fourth-order valence-corrected chi connectivity index (χ4v) is 1.25. The third kappa shape index (κ3) is 2.57. The monoisotopic (exact) mass is 208 g/mol. The summed E-state index contributed by atoms with van der Waals surface area (Å²) in [5.74, 6) is 0.758. The summed E-state index contributed by atoms with van der Waals surface area (Å²) in [6.07, 6.45) is 2.62. The summed E-state index contributed by atoms with van der Waals surface area (Å²) in [7, 11) is 1.78. The van der Waals surface area contributed by atoms with Crippen molar-refractivity contribution in [1.29, 1.82) is 5.41 Å². The van der Waals surface area contributed by atoms with E-state index in [-0.39, 0.29) is 0 Å². The van der Waals surface area contributed by atoms with Gasteiger partial charge in [0.15, 0.2) is 6.29 Å². The molecule has 1 heterocycles. The molecule has 0 aromatic heterocycles. The van der Waals surface area contributed by atoms with Gasteiger partial charge in [-0.05, 0) is 6.92 Å². The van der Waals surface area contributed by atoms with Crippen molar-refractivity contribution < 1.29 is 0 Å². The van der Waals surface area contributed by atoms with Crippen LogP contribution in [0.15, 0.2) is 28.7 Å². The molecule has 0 aliphatic carbocycles. The molecule has 6 nitrogen and oxygen atoms in total. The Morgan fingerprint density at radius 1 is 1.73 bits per heavy atom. The van der Waals surface area contributed by atoms with E-state index in [9.17, 15) is 0 Å². The minimum Gasteiger partial charge on any atom is -0.404 e. The third-order valence-electron chi connectivity index (χ3n) is 1.98. The van der Waals surface area contributed by atoms with Gasteiger partial charge in [-0.2, -0.15) is 0 Å². The van der Waals surface area contributed by atoms with E-state index in [0.29, 0.717) is 17.0 Å². The van der Waals surface area contributed by atoms with E-state index in [1.807, 2.05) is 0 Å². The summed E-state index contributed by atoms with van der Waals surface area (Å²) in [5.41, 5.74) is 12.7. The highest BCUT2D eigenvalue weighted by Gasteiger charge is 2.14. The smallest absolute Gasteiger partial charge is 0.173 e. The van der Waals surface area contributed by atoms with Crippen LogP contribution < -0.4 is 22.1 Å². The van der Waals surface area contributed by atoms with E-state index in [0.717, 1.165) is 5.82 Å². The first-order chi connectivity index (χ1) is 7.08. The summed E-state index contributed by atoms with van der Waals surface area (Å²) < 4.78 is 0. The molecule has 82 valence electrons. The number of nitrogens with zero attached hydrogens (tertiary/aromatic N) is 1. The van der Waals surface area contributed by atoms with Crippen LogP contribution in [0.4, 0.5) is 0 Å². The molecule has 1 rings (SSSR count). The molecule has 0 spiro atoms. The lowest BCUT2D eigenvalue weighted by atomic mass is 10.1. The number of aliphatic imine (C=N–C) groups is 1. The molecule has 1 aliphatic heterocycles. The maximum absolute atomic E-state index is 7.54. The van der Waals surface area contributed by atoms with Crippen molar-refractivity contribution in [2.45, 2.75) is 13.2 Å². The van der Waals surface area contributed by atoms with Crippen molar-refractivity contribution in [3.05, 3.63) is 23.7 Å². The van der Waals surface area contributed by atoms with Gasteiger partial charge in [0.2, 0.25) is 0 Å². The van der Waals surface area contributed by atoms with Gasteiger partial charge in [0.05, 0.1) is 5.71 Å². The van der Waals surface area contributed by atoms with E-state index < -0.39 is 6.29 Å². The Bertz CT molecular complexity index is 352. The van der Waals surface area contributed by atoms with Crippen LogP contribution in [-0.2, 0) is 0 Å². The standard InChI is InChI=1S/C9H16N6/c1-5(11)6(4-10)7-3-8(13-2)15-9(12)14-7/h3-4,9,11,13,15H,10,12H2,1-2H3/b6-4+,11-5?. The molecule has 1 unspecified atom stereocenters. The van der Waals surface area contributed by atoms with Crippen molar-refractivity contribution >= 4 is 11.4 Å². The van der Waals surface area contributed by atoms with Gasteiger partial charge in [0.1, 0.15) is 5.82 Å². The molecule has 0 saturated heterocycles. The lowest BCUT2D eigenvalue weighted by molar-refractivity contribution is 0.580. The fraction of sp³-hybridized carbons (Fsp3) is 0.333. The normalized spacial score (nSPS) is 21.3. The third-order valence-corrected chi connectivity index (χ3v) is 1.98. The van der Waals surface area contributed by atoms with E-state index >= 15 is 0 Å². The summed E-state index contributed by atoms with van der Waals surface area (Å²) in [6.45, 7) is 1.65. The molecule has 1 atom stereocenters. The first-order valence-electron chi connectivity index (χ1n) is 4.55. The lowest BCUT2D eigenvalue weighted by Crippen LogP contribution is -2.42. The number of hydrogen-bond acceptors (Lipinski definition) is 6. The summed E-state index contributed by atoms with van der Waals surface area (Å²) in [6, 6.07) is 0. The number of allylic oxidation sites excluding steroid dienone is 2. The predicted octanol–water partition coefficient (Wildman–Crippen LogP) is -0.784. The van der Waals surface area contributed by atoms with E-state index in [4.69, 9.17) is 16.9 Å². The minimum absolute atomic E-state index is 0.358. The second-order valence-electron chi connectivity index (χ2n) is 3.12. The molecule has 0 bridgehead atoms. The predicted molar refractivity (Wildman–Crippen MR) is 61.4 cm³/mol. The van der Waals surface area contributed by atoms with Crippen LogP contribution >= 0.6 is 0 Å². The number of rotatable bonds is 3. The van der Waals surface area contributed by atoms with Crippen LogP contribution in [0, 0.1) is 5.41 Å². The van der Waals surface area contributed by atoms with Gasteiger partial charge in [-0.15, -0.1) is 0 Å². The number of nitrogens with two attached hydrogens (primary N) is 2. The lowest BCUT2D eigenvalue weighted by Gasteiger charge is -2.21. The van der Waals surface area contributed by atoms with Crippen LogP contribution in [0.25, 0.3) is 0 Å². The highest BCUT2D eigenvalue weighted by atomic mass is 15.2. The molecule has 0 saturated carbocycles. The zero-order valence-corrected chi connectivity index (χ0v) is 8.83. The van der Waals surface area contributed by atoms with Crippen LogP contribution in [0.5, 0.6) is 0 Å². The molecule has 0 aromatic rings. The topological polar surface area (TPSA) is 112 Å². The number of nitrogens with one attached hydrogen (secondary N) is 3. The van der Waals surface area contributed by atoms with Crippen molar-refractivity contribution in [2.75, 3.05) is 7.05 Å². The van der Waals surface area contributed by atoms with Gasteiger partial charge in [-0.3, -0.25) is 5.73 Å². The van der Waals surface area contributed by atoms with Crippen LogP contribution in [-0.4, -0.2) is 24.8 Å². The maximum Gasteiger partial charge on any atom is 0.173 e.